The first-order chi connectivity index (χ1) is 7.15. The van der Waals surface area contributed by atoms with Crippen molar-refractivity contribution in [2.45, 2.75) is 13.3 Å². The van der Waals surface area contributed by atoms with E-state index < -0.39 is 5.97 Å². The number of benzene rings is 1. The van der Waals surface area contributed by atoms with Gasteiger partial charge in [0.15, 0.2) is 0 Å². The van der Waals surface area contributed by atoms with Gasteiger partial charge in [-0.25, -0.2) is 4.79 Å². The average molecular weight is 210 g/mol. The van der Waals surface area contributed by atoms with Gasteiger partial charge >= 0.3 is 5.97 Å². The Morgan fingerprint density at radius 2 is 1.80 bits per heavy atom. The Hall–Kier alpha value is -1.71. The van der Waals surface area contributed by atoms with Gasteiger partial charge in [-0.3, -0.25) is 0 Å². The molecule has 1 aromatic rings. The van der Waals surface area contributed by atoms with Crippen LogP contribution < -0.4 is 9.47 Å². The van der Waals surface area contributed by atoms with Crippen LogP contribution in [0.1, 0.15) is 22.8 Å². The molecule has 0 aliphatic carbocycles. The lowest BCUT2D eigenvalue weighted by Gasteiger charge is -2.13. The minimum absolute atomic E-state index is 0.180. The van der Waals surface area contributed by atoms with Crippen molar-refractivity contribution in [1.29, 1.82) is 0 Å². The summed E-state index contributed by atoms with van der Waals surface area (Å²) in [4.78, 5) is 11.1. The lowest BCUT2D eigenvalue weighted by molar-refractivity contribution is 0.0691. The summed E-state index contributed by atoms with van der Waals surface area (Å²) in [5, 5.41) is 9.09. The number of methoxy groups -OCH3 is 2. The first-order valence-electron chi connectivity index (χ1n) is 4.62. The van der Waals surface area contributed by atoms with Crippen molar-refractivity contribution in [1.82, 2.24) is 0 Å². The summed E-state index contributed by atoms with van der Waals surface area (Å²) in [6.45, 7) is 1.88. The van der Waals surface area contributed by atoms with E-state index in [-0.39, 0.29) is 5.56 Å². The molecule has 1 N–H and O–H groups in total. The zero-order valence-electron chi connectivity index (χ0n) is 9.03. The van der Waals surface area contributed by atoms with Gasteiger partial charge in [-0.15, -0.1) is 0 Å². The summed E-state index contributed by atoms with van der Waals surface area (Å²) in [5.41, 5.74) is 0.837. The van der Waals surface area contributed by atoms with Gasteiger partial charge < -0.3 is 14.6 Å². The second-order valence-corrected chi connectivity index (χ2v) is 2.98. The van der Waals surface area contributed by atoms with Crippen molar-refractivity contribution in [3.63, 3.8) is 0 Å². The van der Waals surface area contributed by atoms with Gasteiger partial charge in [-0.2, -0.15) is 0 Å². The summed E-state index contributed by atoms with van der Waals surface area (Å²) in [6, 6.07) is 3.31. The summed E-state index contributed by atoms with van der Waals surface area (Å²) >= 11 is 0. The van der Waals surface area contributed by atoms with E-state index in [1.807, 2.05) is 6.92 Å². The fourth-order valence-electron chi connectivity index (χ4n) is 1.55. The van der Waals surface area contributed by atoms with E-state index in [0.717, 1.165) is 0 Å². The predicted molar refractivity (Wildman–Crippen MR) is 55.9 cm³/mol. The highest BCUT2D eigenvalue weighted by Gasteiger charge is 2.18. The van der Waals surface area contributed by atoms with E-state index in [9.17, 15) is 4.79 Å². The Labute approximate surface area is 88.4 Å². The smallest absolute Gasteiger partial charge is 0.339 e. The number of carboxylic acid groups (broad SMARTS) is 1. The largest absolute Gasteiger partial charge is 0.496 e. The molecule has 1 aromatic carbocycles. The standard InChI is InChI=1S/C11H14O4/c1-4-7-8(14-2)5-6-9(15-3)10(7)11(12)13/h5-6H,4H2,1-3H3,(H,12,13). The second kappa shape index (κ2) is 4.68. The molecule has 0 saturated heterocycles. The second-order valence-electron chi connectivity index (χ2n) is 2.98. The molecule has 82 valence electrons. The number of hydrogen-bond donors (Lipinski definition) is 1. The zero-order valence-corrected chi connectivity index (χ0v) is 9.03. The molecular formula is C11H14O4. The number of aromatic carboxylic acids is 1. The topological polar surface area (TPSA) is 55.8 Å². The summed E-state index contributed by atoms with van der Waals surface area (Å²) in [5.74, 6) is -0.0570. The molecule has 4 nitrogen and oxygen atoms in total. The van der Waals surface area contributed by atoms with E-state index in [4.69, 9.17) is 14.6 Å². The van der Waals surface area contributed by atoms with E-state index in [1.165, 1.54) is 14.2 Å². The SMILES string of the molecule is CCc1c(OC)ccc(OC)c1C(=O)O. The molecule has 15 heavy (non-hydrogen) atoms. The van der Waals surface area contributed by atoms with Crippen LogP contribution in [0.2, 0.25) is 0 Å². The Balaban J connectivity index is 3.44. The van der Waals surface area contributed by atoms with Crippen LogP contribution in [0, 0.1) is 0 Å². The maximum atomic E-state index is 11.1. The molecule has 0 atom stereocenters. The lowest BCUT2D eigenvalue weighted by atomic mass is 10.0. The van der Waals surface area contributed by atoms with Crippen molar-refractivity contribution in [3.8, 4) is 11.5 Å². The molecule has 0 unspecified atom stereocenters. The van der Waals surface area contributed by atoms with Crippen molar-refractivity contribution in [3.05, 3.63) is 23.3 Å². The van der Waals surface area contributed by atoms with E-state index >= 15 is 0 Å². The van der Waals surface area contributed by atoms with Crippen molar-refractivity contribution >= 4 is 5.97 Å². The van der Waals surface area contributed by atoms with Gasteiger partial charge in [0.25, 0.3) is 0 Å². The molecule has 0 radical (unpaired) electrons. The van der Waals surface area contributed by atoms with Crippen molar-refractivity contribution in [2.24, 2.45) is 0 Å². The minimum atomic E-state index is -0.998. The third-order valence-electron chi connectivity index (χ3n) is 2.24. The fourth-order valence-corrected chi connectivity index (χ4v) is 1.55. The molecule has 0 amide bonds. The molecule has 4 heteroatoms. The van der Waals surface area contributed by atoms with Gasteiger partial charge in [-0.1, -0.05) is 6.92 Å². The monoisotopic (exact) mass is 210 g/mol. The lowest BCUT2D eigenvalue weighted by Crippen LogP contribution is -2.06. The molecule has 0 aliphatic rings. The number of carboxylic acids is 1. The molecule has 0 saturated carbocycles. The Morgan fingerprint density at radius 1 is 1.27 bits per heavy atom. The van der Waals surface area contributed by atoms with E-state index in [2.05, 4.69) is 0 Å². The summed E-state index contributed by atoms with van der Waals surface area (Å²) in [7, 11) is 2.97. The van der Waals surface area contributed by atoms with Crippen LogP contribution in [0.5, 0.6) is 11.5 Å². The molecule has 0 heterocycles. The van der Waals surface area contributed by atoms with Gasteiger partial charge in [0.05, 0.1) is 14.2 Å². The van der Waals surface area contributed by atoms with E-state index in [0.29, 0.717) is 23.5 Å². The maximum absolute atomic E-state index is 11.1. The highest BCUT2D eigenvalue weighted by atomic mass is 16.5. The minimum Gasteiger partial charge on any atom is -0.496 e. The number of carbonyl (C=O) groups is 1. The van der Waals surface area contributed by atoms with Gasteiger partial charge in [0.1, 0.15) is 17.1 Å². The summed E-state index contributed by atoms with van der Waals surface area (Å²) in [6.07, 6.45) is 0.585. The van der Waals surface area contributed by atoms with Crippen LogP contribution in [0.4, 0.5) is 0 Å². The van der Waals surface area contributed by atoms with Gasteiger partial charge in [0.2, 0.25) is 0 Å². The molecule has 0 spiro atoms. The fraction of sp³-hybridized carbons (Fsp3) is 0.364. The zero-order chi connectivity index (χ0) is 11.4. The number of rotatable bonds is 4. The van der Waals surface area contributed by atoms with Crippen LogP contribution in [0.3, 0.4) is 0 Å². The number of ether oxygens (including phenoxy) is 2. The van der Waals surface area contributed by atoms with Gasteiger partial charge in [0, 0.05) is 5.56 Å². The Bertz CT molecular complexity index is 371. The predicted octanol–water partition coefficient (Wildman–Crippen LogP) is 1.96. The van der Waals surface area contributed by atoms with Crippen LogP contribution in [0.25, 0.3) is 0 Å². The van der Waals surface area contributed by atoms with Crippen LogP contribution in [-0.4, -0.2) is 25.3 Å². The first kappa shape index (κ1) is 11.4. The first-order valence-corrected chi connectivity index (χ1v) is 4.62. The normalized spacial score (nSPS) is 9.80. The van der Waals surface area contributed by atoms with Gasteiger partial charge in [-0.05, 0) is 18.6 Å². The number of hydrogen-bond acceptors (Lipinski definition) is 3. The molecule has 1 rings (SSSR count). The average Bonchev–Trinajstić information content (AvgIpc) is 2.26. The molecule has 0 bridgehead atoms. The van der Waals surface area contributed by atoms with E-state index in [1.54, 1.807) is 12.1 Å². The Kier molecular flexibility index (Phi) is 3.55. The van der Waals surface area contributed by atoms with Crippen LogP contribution >= 0.6 is 0 Å². The third-order valence-corrected chi connectivity index (χ3v) is 2.24. The molecule has 0 aliphatic heterocycles. The molecule has 0 aromatic heterocycles. The summed E-state index contributed by atoms with van der Waals surface area (Å²) < 4.78 is 10.1. The Morgan fingerprint density at radius 3 is 2.20 bits per heavy atom. The highest BCUT2D eigenvalue weighted by Crippen LogP contribution is 2.30. The van der Waals surface area contributed by atoms with Crippen LogP contribution in [0.15, 0.2) is 12.1 Å². The van der Waals surface area contributed by atoms with Crippen molar-refractivity contribution in [2.75, 3.05) is 14.2 Å². The third kappa shape index (κ3) is 2.03. The van der Waals surface area contributed by atoms with Crippen LogP contribution in [-0.2, 0) is 6.42 Å². The highest BCUT2D eigenvalue weighted by molar-refractivity contribution is 5.93. The quantitative estimate of drug-likeness (QED) is 0.825. The molecular weight excluding hydrogens is 196 g/mol. The molecule has 0 fully saturated rings. The maximum Gasteiger partial charge on any atom is 0.339 e. The van der Waals surface area contributed by atoms with Crippen molar-refractivity contribution < 1.29 is 19.4 Å².